The van der Waals surface area contributed by atoms with Gasteiger partial charge < -0.3 is 14.2 Å². The maximum Gasteiger partial charge on any atom is 0.158 e. The van der Waals surface area contributed by atoms with Crippen LogP contribution in [0.25, 0.3) is 22.4 Å². The summed E-state index contributed by atoms with van der Waals surface area (Å²) in [5.74, 6) is 1.57. The van der Waals surface area contributed by atoms with Gasteiger partial charge in [0.15, 0.2) is 5.82 Å². The van der Waals surface area contributed by atoms with E-state index in [-0.39, 0.29) is 0 Å². The Morgan fingerprint density at radius 1 is 1.27 bits per heavy atom. The van der Waals surface area contributed by atoms with E-state index in [1.54, 1.807) is 7.11 Å². The number of imidazole rings is 1. The molecule has 1 aliphatic heterocycles. The second kappa shape index (κ2) is 7.74. The zero-order valence-electron chi connectivity index (χ0n) is 14.9. The molecule has 0 N–H and O–H groups in total. The lowest BCUT2D eigenvalue weighted by Gasteiger charge is -2.16. The zero-order chi connectivity index (χ0) is 17.9. The molecule has 0 spiro atoms. The SMILES string of the molecule is COCCN1CCC(Cn2ccnc2-c2ccc3cc(Cl)ccc3n2)C1. The third-order valence-electron chi connectivity index (χ3n) is 5.03. The minimum Gasteiger partial charge on any atom is -0.383 e. The van der Waals surface area contributed by atoms with Crippen molar-refractivity contribution in [2.24, 2.45) is 5.92 Å². The van der Waals surface area contributed by atoms with Gasteiger partial charge in [0.1, 0.15) is 5.69 Å². The number of hydrogen-bond donors (Lipinski definition) is 0. The van der Waals surface area contributed by atoms with Crippen LogP contribution in [0, 0.1) is 5.92 Å². The first-order valence-corrected chi connectivity index (χ1v) is 9.40. The standard InChI is InChI=1S/C20H23ClN4O/c1-26-11-10-24-8-6-15(13-24)14-25-9-7-22-20(25)19-4-2-16-12-17(21)3-5-18(16)23-19/h2-5,7,9,12,15H,6,8,10-11,13-14H2,1H3. The molecule has 0 saturated carbocycles. The predicted molar refractivity (Wildman–Crippen MR) is 104 cm³/mol. The summed E-state index contributed by atoms with van der Waals surface area (Å²) in [6.45, 7) is 5.05. The molecule has 0 amide bonds. The van der Waals surface area contributed by atoms with Crippen LogP contribution < -0.4 is 0 Å². The Kier molecular flexibility index (Phi) is 5.20. The molecule has 136 valence electrons. The summed E-state index contributed by atoms with van der Waals surface area (Å²) in [5, 5.41) is 1.77. The molecule has 0 radical (unpaired) electrons. The van der Waals surface area contributed by atoms with Crippen molar-refractivity contribution in [3.8, 4) is 11.5 Å². The average Bonchev–Trinajstić information content (AvgIpc) is 3.29. The lowest BCUT2D eigenvalue weighted by Crippen LogP contribution is -2.25. The zero-order valence-corrected chi connectivity index (χ0v) is 15.7. The minimum absolute atomic E-state index is 0.638. The number of halogens is 1. The highest BCUT2D eigenvalue weighted by Crippen LogP contribution is 2.24. The van der Waals surface area contributed by atoms with E-state index < -0.39 is 0 Å². The molecule has 1 saturated heterocycles. The number of aromatic nitrogens is 3. The summed E-state index contributed by atoms with van der Waals surface area (Å²) < 4.78 is 7.42. The monoisotopic (exact) mass is 370 g/mol. The Bertz CT molecular complexity index is 894. The third-order valence-corrected chi connectivity index (χ3v) is 5.27. The number of likely N-dealkylation sites (tertiary alicyclic amines) is 1. The van der Waals surface area contributed by atoms with Crippen LogP contribution in [-0.2, 0) is 11.3 Å². The van der Waals surface area contributed by atoms with Crippen molar-refractivity contribution in [1.82, 2.24) is 19.4 Å². The van der Waals surface area contributed by atoms with Gasteiger partial charge in [0, 0.05) is 49.5 Å². The van der Waals surface area contributed by atoms with Crippen LogP contribution >= 0.6 is 11.6 Å². The van der Waals surface area contributed by atoms with Gasteiger partial charge in [-0.15, -0.1) is 0 Å². The van der Waals surface area contributed by atoms with E-state index in [2.05, 4.69) is 26.7 Å². The molecule has 3 heterocycles. The fourth-order valence-electron chi connectivity index (χ4n) is 3.67. The fraction of sp³-hybridized carbons (Fsp3) is 0.400. The maximum absolute atomic E-state index is 6.07. The summed E-state index contributed by atoms with van der Waals surface area (Å²) in [6.07, 6.45) is 5.13. The van der Waals surface area contributed by atoms with Crippen molar-refractivity contribution in [2.45, 2.75) is 13.0 Å². The van der Waals surface area contributed by atoms with Gasteiger partial charge in [0.25, 0.3) is 0 Å². The highest BCUT2D eigenvalue weighted by molar-refractivity contribution is 6.31. The summed E-state index contributed by atoms with van der Waals surface area (Å²) in [7, 11) is 1.76. The van der Waals surface area contributed by atoms with Crippen LogP contribution in [-0.4, -0.2) is 52.8 Å². The molecule has 26 heavy (non-hydrogen) atoms. The summed E-state index contributed by atoms with van der Waals surface area (Å²) in [5.41, 5.74) is 1.84. The van der Waals surface area contributed by atoms with Gasteiger partial charge in [-0.05, 0) is 43.1 Å². The predicted octanol–water partition coefficient (Wildman–Crippen LogP) is 3.72. The summed E-state index contributed by atoms with van der Waals surface area (Å²) in [6, 6.07) is 9.86. The van der Waals surface area contributed by atoms with Gasteiger partial charge in [-0.1, -0.05) is 17.7 Å². The number of nitrogens with zero attached hydrogens (tertiary/aromatic N) is 4. The van der Waals surface area contributed by atoms with Crippen LogP contribution in [0.5, 0.6) is 0 Å². The minimum atomic E-state index is 0.638. The largest absolute Gasteiger partial charge is 0.383 e. The maximum atomic E-state index is 6.07. The molecule has 3 aromatic rings. The molecule has 1 fully saturated rings. The average molecular weight is 371 g/mol. The van der Waals surface area contributed by atoms with E-state index in [0.29, 0.717) is 5.92 Å². The van der Waals surface area contributed by atoms with Gasteiger partial charge in [-0.25, -0.2) is 9.97 Å². The van der Waals surface area contributed by atoms with E-state index in [1.165, 1.54) is 6.42 Å². The lowest BCUT2D eigenvalue weighted by molar-refractivity contribution is 0.158. The van der Waals surface area contributed by atoms with Crippen molar-refractivity contribution in [2.75, 3.05) is 33.4 Å². The Morgan fingerprint density at radius 2 is 2.19 bits per heavy atom. The van der Waals surface area contributed by atoms with Crippen molar-refractivity contribution < 1.29 is 4.74 Å². The van der Waals surface area contributed by atoms with Crippen LogP contribution in [0.4, 0.5) is 0 Å². The highest BCUT2D eigenvalue weighted by atomic mass is 35.5. The van der Waals surface area contributed by atoms with Gasteiger partial charge >= 0.3 is 0 Å². The van der Waals surface area contributed by atoms with Crippen LogP contribution in [0.3, 0.4) is 0 Å². The van der Waals surface area contributed by atoms with E-state index in [0.717, 1.165) is 60.2 Å². The summed E-state index contributed by atoms with van der Waals surface area (Å²) in [4.78, 5) is 11.8. The lowest BCUT2D eigenvalue weighted by atomic mass is 10.1. The van der Waals surface area contributed by atoms with E-state index >= 15 is 0 Å². The van der Waals surface area contributed by atoms with E-state index in [1.807, 2.05) is 30.5 Å². The normalized spacial score (nSPS) is 18.0. The first-order chi connectivity index (χ1) is 12.7. The number of methoxy groups -OCH3 is 1. The third kappa shape index (κ3) is 3.75. The molecule has 5 nitrogen and oxygen atoms in total. The number of benzene rings is 1. The molecule has 6 heteroatoms. The van der Waals surface area contributed by atoms with Crippen molar-refractivity contribution in [3.63, 3.8) is 0 Å². The van der Waals surface area contributed by atoms with Crippen molar-refractivity contribution in [1.29, 1.82) is 0 Å². The topological polar surface area (TPSA) is 43.2 Å². The van der Waals surface area contributed by atoms with Crippen molar-refractivity contribution in [3.05, 3.63) is 47.7 Å². The van der Waals surface area contributed by atoms with Gasteiger partial charge in [-0.3, -0.25) is 0 Å². The second-order valence-electron chi connectivity index (χ2n) is 6.88. The molecular weight excluding hydrogens is 348 g/mol. The van der Waals surface area contributed by atoms with E-state index in [4.69, 9.17) is 21.3 Å². The van der Waals surface area contributed by atoms with E-state index in [9.17, 15) is 0 Å². The van der Waals surface area contributed by atoms with Crippen LogP contribution in [0.1, 0.15) is 6.42 Å². The number of ether oxygens (including phenoxy) is 1. The first kappa shape index (κ1) is 17.5. The smallest absolute Gasteiger partial charge is 0.158 e. The Labute approximate surface area is 158 Å². The number of hydrogen-bond acceptors (Lipinski definition) is 4. The Morgan fingerprint density at radius 3 is 3.08 bits per heavy atom. The molecule has 4 rings (SSSR count). The number of fused-ring (bicyclic) bond motifs is 1. The van der Waals surface area contributed by atoms with Crippen molar-refractivity contribution >= 4 is 22.5 Å². The quantitative estimate of drug-likeness (QED) is 0.663. The molecule has 0 aliphatic carbocycles. The molecule has 0 bridgehead atoms. The van der Waals surface area contributed by atoms with Gasteiger partial charge in [-0.2, -0.15) is 0 Å². The van der Waals surface area contributed by atoms with Crippen LogP contribution in [0.15, 0.2) is 42.7 Å². The highest BCUT2D eigenvalue weighted by Gasteiger charge is 2.23. The first-order valence-electron chi connectivity index (χ1n) is 9.02. The fourth-order valence-corrected chi connectivity index (χ4v) is 3.85. The Balaban J connectivity index is 1.51. The Hall–Kier alpha value is -1.95. The molecule has 1 atom stereocenters. The van der Waals surface area contributed by atoms with Gasteiger partial charge in [0.05, 0.1) is 12.1 Å². The molecular formula is C20H23ClN4O. The second-order valence-corrected chi connectivity index (χ2v) is 7.32. The summed E-state index contributed by atoms with van der Waals surface area (Å²) >= 11 is 6.07. The number of rotatable bonds is 6. The molecule has 1 aliphatic rings. The van der Waals surface area contributed by atoms with Crippen LogP contribution in [0.2, 0.25) is 5.02 Å². The molecule has 1 aromatic carbocycles. The molecule has 2 aromatic heterocycles. The number of pyridine rings is 1. The van der Waals surface area contributed by atoms with Gasteiger partial charge in [0.2, 0.25) is 0 Å². The molecule has 1 unspecified atom stereocenters.